The number of aromatic nitrogens is 1. The summed E-state index contributed by atoms with van der Waals surface area (Å²) in [6.45, 7) is 7.34. The molecular formula is C15H20N2S. The van der Waals surface area contributed by atoms with E-state index in [-0.39, 0.29) is 0 Å². The minimum atomic E-state index is 0.476. The molecule has 2 aromatic rings. The molecule has 2 aromatic heterocycles. The third-order valence-corrected chi connectivity index (χ3v) is 4.06. The fraction of sp³-hybridized carbons (Fsp3) is 0.400. The zero-order valence-electron chi connectivity index (χ0n) is 11.2. The fourth-order valence-corrected chi connectivity index (χ4v) is 2.96. The molecule has 2 rings (SSSR count). The highest BCUT2D eigenvalue weighted by Crippen LogP contribution is 2.16. The zero-order valence-corrected chi connectivity index (χ0v) is 12.1. The Morgan fingerprint density at radius 1 is 1.28 bits per heavy atom. The monoisotopic (exact) mass is 260 g/mol. The van der Waals surface area contributed by atoms with Crippen molar-refractivity contribution in [1.82, 2.24) is 10.3 Å². The van der Waals surface area contributed by atoms with Crippen molar-refractivity contribution in [3.8, 4) is 0 Å². The summed E-state index contributed by atoms with van der Waals surface area (Å²) < 4.78 is 0. The Bertz CT molecular complexity index is 505. The van der Waals surface area contributed by atoms with Crippen LogP contribution in [0.15, 0.2) is 30.5 Å². The van der Waals surface area contributed by atoms with E-state index >= 15 is 0 Å². The van der Waals surface area contributed by atoms with Gasteiger partial charge < -0.3 is 5.32 Å². The van der Waals surface area contributed by atoms with Gasteiger partial charge in [-0.25, -0.2) is 0 Å². The third-order valence-electron chi connectivity index (χ3n) is 3.04. The molecular weight excluding hydrogens is 240 g/mol. The molecule has 0 saturated heterocycles. The van der Waals surface area contributed by atoms with Gasteiger partial charge in [-0.2, -0.15) is 0 Å². The Morgan fingerprint density at radius 2 is 2.11 bits per heavy atom. The lowest BCUT2D eigenvalue weighted by atomic mass is 10.2. The van der Waals surface area contributed by atoms with Crippen LogP contribution in [0.2, 0.25) is 0 Å². The summed E-state index contributed by atoms with van der Waals surface area (Å²) in [5.41, 5.74) is 2.40. The number of rotatable bonds is 5. The number of thiophene rings is 1. The van der Waals surface area contributed by atoms with Crippen molar-refractivity contribution in [2.24, 2.45) is 0 Å². The van der Waals surface area contributed by atoms with Crippen LogP contribution in [0.25, 0.3) is 0 Å². The first kappa shape index (κ1) is 13.2. The van der Waals surface area contributed by atoms with Crippen molar-refractivity contribution in [3.63, 3.8) is 0 Å². The molecule has 0 amide bonds. The van der Waals surface area contributed by atoms with Crippen molar-refractivity contribution in [3.05, 3.63) is 51.5 Å². The highest BCUT2D eigenvalue weighted by atomic mass is 32.1. The minimum Gasteiger partial charge on any atom is -0.308 e. The largest absolute Gasteiger partial charge is 0.308 e. The molecule has 3 heteroatoms. The molecule has 0 spiro atoms. The summed E-state index contributed by atoms with van der Waals surface area (Å²) in [6, 6.07) is 8.98. The molecule has 1 atom stereocenters. The summed E-state index contributed by atoms with van der Waals surface area (Å²) in [5.74, 6) is 0. The van der Waals surface area contributed by atoms with Crippen LogP contribution in [0.3, 0.4) is 0 Å². The molecule has 0 aliphatic heterocycles. The molecule has 0 bridgehead atoms. The molecule has 0 fully saturated rings. The Labute approximate surface area is 113 Å². The van der Waals surface area contributed by atoms with Crippen LogP contribution in [0.4, 0.5) is 0 Å². The maximum atomic E-state index is 4.40. The summed E-state index contributed by atoms with van der Waals surface area (Å²) >= 11 is 1.89. The van der Waals surface area contributed by atoms with Gasteiger partial charge in [0, 0.05) is 28.5 Å². The average molecular weight is 260 g/mol. The van der Waals surface area contributed by atoms with Gasteiger partial charge in [0.05, 0.1) is 5.69 Å². The quantitative estimate of drug-likeness (QED) is 0.890. The lowest BCUT2D eigenvalue weighted by Crippen LogP contribution is -2.27. The Kier molecular flexibility index (Phi) is 4.50. The molecule has 1 N–H and O–H groups in total. The second-order valence-corrected chi connectivity index (χ2v) is 6.14. The van der Waals surface area contributed by atoms with E-state index in [0.717, 1.165) is 18.7 Å². The van der Waals surface area contributed by atoms with E-state index < -0.39 is 0 Å². The standard InChI is InChI=1S/C15H20N2S/c1-11-5-4-8-16-15(11)10-17-12(2)9-14-7-6-13(3)18-14/h4-8,12,17H,9-10H2,1-3H3. The number of hydrogen-bond acceptors (Lipinski definition) is 3. The van der Waals surface area contributed by atoms with Crippen molar-refractivity contribution in [2.45, 2.75) is 39.8 Å². The average Bonchev–Trinajstić information content (AvgIpc) is 2.74. The highest BCUT2D eigenvalue weighted by molar-refractivity contribution is 7.11. The first-order valence-corrected chi connectivity index (χ1v) is 7.16. The molecule has 18 heavy (non-hydrogen) atoms. The topological polar surface area (TPSA) is 24.9 Å². The second-order valence-electron chi connectivity index (χ2n) is 4.77. The van der Waals surface area contributed by atoms with Gasteiger partial charge in [0.1, 0.15) is 0 Å². The van der Waals surface area contributed by atoms with E-state index in [1.54, 1.807) is 0 Å². The number of hydrogen-bond donors (Lipinski definition) is 1. The lowest BCUT2D eigenvalue weighted by molar-refractivity contribution is 0.542. The van der Waals surface area contributed by atoms with Crippen LogP contribution in [0, 0.1) is 13.8 Å². The van der Waals surface area contributed by atoms with Gasteiger partial charge in [-0.05, 0) is 51.0 Å². The first-order chi connectivity index (χ1) is 8.65. The molecule has 0 aliphatic carbocycles. The van der Waals surface area contributed by atoms with Crippen LogP contribution >= 0.6 is 11.3 Å². The van der Waals surface area contributed by atoms with Gasteiger partial charge in [0.25, 0.3) is 0 Å². The van der Waals surface area contributed by atoms with Crippen molar-refractivity contribution in [2.75, 3.05) is 0 Å². The van der Waals surface area contributed by atoms with Gasteiger partial charge in [-0.1, -0.05) is 6.07 Å². The Hall–Kier alpha value is -1.19. The van der Waals surface area contributed by atoms with E-state index in [2.05, 4.69) is 49.3 Å². The lowest BCUT2D eigenvalue weighted by Gasteiger charge is -2.13. The van der Waals surface area contributed by atoms with E-state index in [1.807, 2.05) is 23.6 Å². The second kappa shape index (κ2) is 6.12. The highest BCUT2D eigenvalue weighted by Gasteiger charge is 2.06. The fourth-order valence-electron chi connectivity index (χ4n) is 1.94. The van der Waals surface area contributed by atoms with E-state index in [0.29, 0.717) is 6.04 Å². The number of pyridine rings is 1. The zero-order chi connectivity index (χ0) is 13.0. The molecule has 2 heterocycles. The van der Waals surface area contributed by atoms with Crippen LogP contribution in [-0.2, 0) is 13.0 Å². The van der Waals surface area contributed by atoms with Crippen LogP contribution in [0.5, 0.6) is 0 Å². The molecule has 0 radical (unpaired) electrons. The summed E-state index contributed by atoms with van der Waals surface area (Å²) in [5, 5.41) is 3.54. The van der Waals surface area contributed by atoms with Gasteiger partial charge >= 0.3 is 0 Å². The molecule has 0 aromatic carbocycles. The van der Waals surface area contributed by atoms with Crippen LogP contribution < -0.4 is 5.32 Å². The summed E-state index contributed by atoms with van der Waals surface area (Å²) in [6.07, 6.45) is 2.95. The maximum Gasteiger partial charge on any atom is 0.0570 e. The van der Waals surface area contributed by atoms with E-state index in [4.69, 9.17) is 0 Å². The van der Waals surface area contributed by atoms with E-state index in [1.165, 1.54) is 15.3 Å². The summed E-state index contributed by atoms with van der Waals surface area (Å²) in [7, 11) is 0. The van der Waals surface area contributed by atoms with Gasteiger partial charge in [-0.3, -0.25) is 4.98 Å². The molecule has 2 nitrogen and oxygen atoms in total. The van der Waals surface area contributed by atoms with Crippen LogP contribution in [0.1, 0.15) is 27.9 Å². The molecule has 0 aliphatic rings. The predicted molar refractivity (Wildman–Crippen MR) is 78.0 cm³/mol. The number of aryl methyl sites for hydroxylation is 2. The first-order valence-electron chi connectivity index (χ1n) is 6.34. The predicted octanol–water partition coefficient (Wildman–Crippen LogP) is 3.48. The SMILES string of the molecule is Cc1ccc(CC(C)NCc2ncccc2C)s1. The van der Waals surface area contributed by atoms with E-state index in [9.17, 15) is 0 Å². The molecule has 0 saturated carbocycles. The van der Waals surface area contributed by atoms with Crippen molar-refractivity contribution >= 4 is 11.3 Å². The Morgan fingerprint density at radius 3 is 2.78 bits per heavy atom. The minimum absolute atomic E-state index is 0.476. The normalized spacial score (nSPS) is 12.6. The number of nitrogens with zero attached hydrogens (tertiary/aromatic N) is 1. The summed E-state index contributed by atoms with van der Waals surface area (Å²) in [4.78, 5) is 7.24. The van der Waals surface area contributed by atoms with Crippen LogP contribution in [-0.4, -0.2) is 11.0 Å². The third kappa shape index (κ3) is 3.65. The molecule has 1 unspecified atom stereocenters. The smallest absolute Gasteiger partial charge is 0.0570 e. The Balaban J connectivity index is 1.85. The van der Waals surface area contributed by atoms with Crippen molar-refractivity contribution in [1.29, 1.82) is 0 Å². The van der Waals surface area contributed by atoms with Gasteiger partial charge in [0.15, 0.2) is 0 Å². The van der Waals surface area contributed by atoms with Gasteiger partial charge in [-0.15, -0.1) is 11.3 Å². The van der Waals surface area contributed by atoms with Gasteiger partial charge in [0.2, 0.25) is 0 Å². The molecule has 96 valence electrons. The number of nitrogens with one attached hydrogen (secondary N) is 1. The van der Waals surface area contributed by atoms with Crippen molar-refractivity contribution < 1.29 is 0 Å². The maximum absolute atomic E-state index is 4.40.